The smallest absolute Gasteiger partial charge is 0.277 e. The molecular weight excluding hydrogens is 449 g/mol. The monoisotopic (exact) mass is 470 g/mol. The highest BCUT2D eigenvalue weighted by Gasteiger charge is 2.51. The molecule has 12 heteroatoms. The summed E-state index contributed by atoms with van der Waals surface area (Å²) in [7, 11) is -2.63. The summed E-state index contributed by atoms with van der Waals surface area (Å²) < 4.78 is 71.9. The first-order chi connectivity index (χ1) is 14.7. The van der Waals surface area contributed by atoms with Crippen molar-refractivity contribution in [1.82, 2.24) is 10.3 Å². The molecule has 1 aromatic heterocycles. The molecule has 0 radical (unpaired) electrons. The zero-order valence-corrected chi connectivity index (χ0v) is 18.5. The number of aromatic nitrogens is 1. The van der Waals surface area contributed by atoms with Gasteiger partial charge in [0.2, 0.25) is 0 Å². The molecule has 1 saturated heterocycles. The van der Waals surface area contributed by atoms with E-state index in [-0.39, 0.29) is 17.3 Å². The van der Waals surface area contributed by atoms with Crippen LogP contribution >= 0.6 is 0 Å². The fourth-order valence-electron chi connectivity index (χ4n) is 3.28. The number of benzene rings is 1. The molecule has 2 heterocycles. The molecule has 172 valence electrons. The largest absolute Gasteiger partial charge is 0.495 e. The molecule has 1 amide bonds. The van der Waals surface area contributed by atoms with Gasteiger partial charge in [-0.15, -0.1) is 0 Å². The van der Waals surface area contributed by atoms with Crippen molar-refractivity contribution in [3.05, 3.63) is 53.1 Å². The number of carbonyl (C=O) groups is 1. The number of ether oxygens (including phenoxy) is 1. The Morgan fingerprint density at radius 1 is 1.19 bits per heavy atom. The number of nitrogens with zero attached hydrogens (tertiary/aromatic N) is 1. The van der Waals surface area contributed by atoms with Crippen LogP contribution in [0, 0.1) is 22.9 Å². The van der Waals surface area contributed by atoms with Crippen molar-refractivity contribution in [3.63, 3.8) is 0 Å². The molecule has 0 unspecified atom stereocenters. The fourth-order valence-corrected chi connectivity index (χ4v) is 4.99. The maximum atomic E-state index is 14.7. The Labute approximate surface area is 182 Å². The second-order valence-corrected chi connectivity index (χ2v) is 10.6. The molecule has 3 N–H and O–H groups in total. The Morgan fingerprint density at radius 2 is 1.84 bits per heavy atom. The van der Waals surface area contributed by atoms with Crippen LogP contribution in [-0.2, 0) is 15.4 Å². The van der Waals surface area contributed by atoms with Gasteiger partial charge in [0, 0.05) is 23.4 Å². The molecule has 1 aliphatic heterocycles. The first kappa shape index (κ1) is 23.5. The summed E-state index contributed by atoms with van der Waals surface area (Å²) in [6.45, 7) is 3.98. The molecule has 2 aromatic rings. The van der Waals surface area contributed by atoms with Crippen LogP contribution in [0.25, 0.3) is 0 Å². The number of amides is 1. The van der Waals surface area contributed by atoms with E-state index in [1.807, 2.05) is 0 Å². The molecule has 1 aromatic carbocycles. The summed E-state index contributed by atoms with van der Waals surface area (Å²) in [5, 5.41) is 13.0. The predicted octanol–water partition coefficient (Wildman–Crippen LogP) is 2.75. The van der Waals surface area contributed by atoms with E-state index in [0.29, 0.717) is 6.07 Å². The highest BCUT2D eigenvalue weighted by molar-refractivity contribution is 7.93. The number of sulfone groups is 1. The second kappa shape index (κ2) is 7.76. The summed E-state index contributed by atoms with van der Waals surface area (Å²) in [4.78, 5) is 16.1. The summed E-state index contributed by atoms with van der Waals surface area (Å²) in [5.41, 5.74) is -2.97. The average molecular weight is 470 g/mol. The molecule has 1 fully saturated rings. The Kier molecular flexibility index (Phi) is 5.71. The maximum Gasteiger partial charge on any atom is 0.277 e. The lowest BCUT2D eigenvalue weighted by Crippen LogP contribution is -2.64. The van der Waals surface area contributed by atoms with Crippen LogP contribution in [0.3, 0.4) is 0 Å². The number of hydrogen-bond donors (Lipinski definition) is 3. The van der Waals surface area contributed by atoms with Gasteiger partial charge in [0.05, 0.1) is 24.6 Å². The number of amidine groups is 1. The first-order valence-electron chi connectivity index (χ1n) is 9.32. The first-order valence-corrected chi connectivity index (χ1v) is 11.0. The van der Waals surface area contributed by atoms with Crippen molar-refractivity contribution in [2.24, 2.45) is 0 Å². The molecule has 3 rings (SSSR count). The Balaban J connectivity index is 2.00. The molecule has 0 bridgehead atoms. The van der Waals surface area contributed by atoms with Crippen molar-refractivity contribution in [2.75, 3.05) is 18.2 Å². The topological polar surface area (TPSA) is 121 Å². The normalized spacial score (nSPS) is 21.5. The van der Waals surface area contributed by atoms with E-state index in [2.05, 4.69) is 15.6 Å². The zero-order chi connectivity index (χ0) is 24.1. The number of hydrogen-bond acceptors (Lipinski definition) is 6. The quantitative estimate of drug-likeness (QED) is 0.632. The standard InChI is InChI=1S/C20H21F3N4O4S/c1-19(2)18(24)27-20(3,9-32(19,29)30)12-5-10(6-13(21)15(12)23)26-17(28)16-14(22)7-11(31-4)8-25-16/h5-8H,9H2,1-4H3,(H2,24,27)(H,26,28)/t20-/m0/s1. The minimum atomic E-state index is -3.92. The van der Waals surface area contributed by atoms with Crippen LogP contribution < -0.4 is 15.4 Å². The molecular formula is C20H21F3N4O4S. The summed E-state index contributed by atoms with van der Waals surface area (Å²) >= 11 is 0. The van der Waals surface area contributed by atoms with Gasteiger partial charge in [-0.05, 0) is 26.8 Å². The van der Waals surface area contributed by atoms with Crippen molar-refractivity contribution in [3.8, 4) is 5.75 Å². The minimum Gasteiger partial charge on any atom is -0.495 e. The van der Waals surface area contributed by atoms with Crippen molar-refractivity contribution in [2.45, 2.75) is 31.1 Å². The number of nitrogens with one attached hydrogen (secondary N) is 3. The molecule has 1 aliphatic rings. The Hall–Kier alpha value is -3.15. The predicted molar refractivity (Wildman–Crippen MR) is 111 cm³/mol. The third-order valence-corrected chi connectivity index (χ3v) is 8.12. The van der Waals surface area contributed by atoms with Gasteiger partial charge in [0.1, 0.15) is 16.3 Å². The number of pyridine rings is 1. The maximum absolute atomic E-state index is 14.7. The lowest BCUT2D eigenvalue weighted by molar-refractivity contribution is 0.101. The molecule has 0 saturated carbocycles. The van der Waals surface area contributed by atoms with Crippen LogP contribution in [-0.4, -0.2) is 42.8 Å². The van der Waals surface area contributed by atoms with Crippen molar-refractivity contribution in [1.29, 1.82) is 5.41 Å². The average Bonchev–Trinajstić information content (AvgIpc) is 2.68. The molecule has 0 spiro atoms. The van der Waals surface area contributed by atoms with Crippen LogP contribution in [0.1, 0.15) is 36.8 Å². The molecule has 8 nitrogen and oxygen atoms in total. The van der Waals surface area contributed by atoms with Gasteiger partial charge in [-0.2, -0.15) is 0 Å². The fraction of sp³-hybridized carbons (Fsp3) is 0.350. The Morgan fingerprint density at radius 3 is 2.41 bits per heavy atom. The SMILES string of the molecule is COc1cnc(C(=O)Nc2cc(F)c(F)c([C@]3(C)CS(=O)(=O)C(C)(C)C(=N)N3)c2)c(F)c1. The van der Waals surface area contributed by atoms with E-state index in [1.165, 1.54) is 27.9 Å². The van der Waals surface area contributed by atoms with Gasteiger partial charge in [-0.3, -0.25) is 10.2 Å². The van der Waals surface area contributed by atoms with E-state index in [9.17, 15) is 26.4 Å². The summed E-state index contributed by atoms with van der Waals surface area (Å²) in [6.07, 6.45) is 1.11. The van der Waals surface area contributed by atoms with Gasteiger partial charge in [-0.25, -0.2) is 26.6 Å². The van der Waals surface area contributed by atoms with E-state index in [0.717, 1.165) is 18.3 Å². The number of rotatable bonds is 4. The van der Waals surface area contributed by atoms with Gasteiger partial charge < -0.3 is 15.4 Å². The van der Waals surface area contributed by atoms with Gasteiger partial charge >= 0.3 is 0 Å². The highest BCUT2D eigenvalue weighted by atomic mass is 32.2. The van der Waals surface area contributed by atoms with Crippen LogP contribution in [0.15, 0.2) is 24.4 Å². The van der Waals surface area contributed by atoms with E-state index in [4.69, 9.17) is 10.1 Å². The van der Waals surface area contributed by atoms with Crippen molar-refractivity contribution < 1.29 is 31.1 Å². The van der Waals surface area contributed by atoms with Crippen molar-refractivity contribution >= 4 is 27.3 Å². The van der Waals surface area contributed by atoms with Crippen LogP contribution in [0.5, 0.6) is 5.75 Å². The molecule has 0 aliphatic carbocycles. The third-order valence-electron chi connectivity index (χ3n) is 5.41. The third kappa shape index (κ3) is 3.90. The Bertz CT molecular complexity index is 1230. The zero-order valence-electron chi connectivity index (χ0n) is 17.6. The lowest BCUT2D eigenvalue weighted by Gasteiger charge is -2.43. The minimum absolute atomic E-state index is 0.0806. The van der Waals surface area contributed by atoms with Gasteiger partial charge in [0.15, 0.2) is 33.0 Å². The number of halogens is 3. The van der Waals surface area contributed by atoms with Crippen LogP contribution in [0.2, 0.25) is 0 Å². The number of carbonyl (C=O) groups excluding carboxylic acids is 1. The molecule has 1 atom stereocenters. The lowest BCUT2D eigenvalue weighted by atomic mass is 9.91. The van der Waals surface area contributed by atoms with E-state index in [1.54, 1.807) is 0 Å². The second-order valence-electron chi connectivity index (χ2n) is 8.08. The highest BCUT2D eigenvalue weighted by Crippen LogP contribution is 2.36. The summed E-state index contributed by atoms with van der Waals surface area (Å²) in [6, 6.07) is 2.64. The van der Waals surface area contributed by atoms with Gasteiger partial charge in [0.25, 0.3) is 5.91 Å². The summed E-state index contributed by atoms with van der Waals surface area (Å²) in [5.74, 6) is -5.66. The van der Waals surface area contributed by atoms with Crippen LogP contribution in [0.4, 0.5) is 18.9 Å². The van der Waals surface area contributed by atoms with E-state index >= 15 is 0 Å². The molecule has 32 heavy (non-hydrogen) atoms. The van der Waals surface area contributed by atoms with Gasteiger partial charge in [-0.1, -0.05) is 0 Å². The van der Waals surface area contributed by atoms with E-state index < -0.39 is 60.5 Å². The number of methoxy groups -OCH3 is 1. The number of anilines is 1.